The molecule has 6 heteroatoms. The number of fused-ring (bicyclic) bond motifs is 1. The van der Waals surface area contributed by atoms with E-state index < -0.39 is 5.97 Å². The number of aromatic carboxylic acids is 1. The highest BCUT2D eigenvalue weighted by Gasteiger charge is 2.15. The third-order valence-electron chi connectivity index (χ3n) is 3.45. The molecule has 1 N–H and O–H groups in total. The van der Waals surface area contributed by atoms with E-state index in [-0.39, 0.29) is 5.56 Å². The Morgan fingerprint density at radius 3 is 2.57 bits per heavy atom. The summed E-state index contributed by atoms with van der Waals surface area (Å²) in [5.41, 5.74) is 1.78. The molecule has 4 nitrogen and oxygen atoms in total. The van der Waals surface area contributed by atoms with Crippen LogP contribution < -0.4 is 4.74 Å². The third-order valence-corrected chi connectivity index (χ3v) is 4.00. The lowest BCUT2D eigenvalue weighted by atomic mass is 10.0. The fourth-order valence-electron chi connectivity index (χ4n) is 2.34. The van der Waals surface area contributed by atoms with Crippen LogP contribution in [-0.2, 0) is 0 Å². The average molecular weight is 348 g/mol. The van der Waals surface area contributed by atoms with E-state index in [1.807, 2.05) is 0 Å². The van der Waals surface area contributed by atoms with Gasteiger partial charge in [0.25, 0.3) is 0 Å². The molecule has 3 aromatic rings. The molecule has 2 aromatic carbocycles. The van der Waals surface area contributed by atoms with Gasteiger partial charge in [0.1, 0.15) is 5.75 Å². The lowest BCUT2D eigenvalue weighted by molar-refractivity contribution is 0.0699. The van der Waals surface area contributed by atoms with Gasteiger partial charge in [0.2, 0.25) is 0 Å². The highest BCUT2D eigenvalue weighted by molar-refractivity contribution is 6.36. The molecular weight excluding hydrogens is 337 g/mol. The topological polar surface area (TPSA) is 59.4 Å². The Kier molecular flexibility index (Phi) is 4.11. The molecule has 0 aliphatic heterocycles. The van der Waals surface area contributed by atoms with E-state index in [0.717, 1.165) is 0 Å². The number of aromatic nitrogens is 1. The number of nitrogens with zero attached hydrogens (tertiary/aromatic N) is 1. The van der Waals surface area contributed by atoms with Crippen molar-refractivity contribution in [1.29, 1.82) is 0 Å². The molecule has 0 spiro atoms. The molecule has 116 valence electrons. The summed E-state index contributed by atoms with van der Waals surface area (Å²) in [5, 5.41) is 10.9. The SMILES string of the molecule is COc1ccc2nc(-c3ccc(Cl)cc3Cl)cc(C(=O)O)c2c1. The molecule has 0 saturated carbocycles. The number of hydrogen-bond acceptors (Lipinski definition) is 3. The van der Waals surface area contributed by atoms with E-state index in [0.29, 0.717) is 38.0 Å². The van der Waals surface area contributed by atoms with Gasteiger partial charge >= 0.3 is 5.97 Å². The van der Waals surface area contributed by atoms with Crippen molar-refractivity contribution >= 4 is 40.1 Å². The van der Waals surface area contributed by atoms with Crippen molar-refractivity contribution in [1.82, 2.24) is 4.98 Å². The highest BCUT2D eigenvalue weighted by Crippen LogP contribution is 2.32. The summed E-state index contributed by atoms with van der Waals surface area (Å²) in [7, 11) is 1.52. The first-order valence-electron chi connectivity index (χ1n) is 6.67. The summed E-state index contributed by atoms with van der Waals surface area (Å²) in [6.07, 6.45) is 0. The molecular formula is C17H11Cl2NO3. The highest BCUT2D eigenvalue weighted by atomic mass is 35.5. The molecule has 1 heterocycles. The van der Waals surface area contributed by atoms with Gasteiger partial charge in [-0.1, -0.05) is 23.2 Å². The number of hydrogen-bond donors (Lipinski definition) is 1. The minimum absolute atomic E-state index is 0.134. The van der Waals surface area contributed by atoms with E-state index in [1.165, 1.54) is 13.2 Å². The fourth-order valence-corrected chi connectivity index (χ4v) is 2.85. The van der Waals surface area contributed by atoms with Crippen LogP contribution in [0.4, 0.5) is 0 Å². The summed E-state index contributed by atoms with van der Waals surface area (Å²) < 4.78 is 5.15. The van der Waals surface area contributed by atoms with E-state index >= 15 is 0 Å². The van der Waals surface area contributed by atoms with Crippen LogP contribution in [0.15, 0.2) is 42.5 Å². The monoisotopic (exact) mass is 347 g/mol. The second-order valence-electron chi connectivity index (χ2n) is 4.87. The van der Waals surface area contributed by atoms with Crippen LogP contribution in [0.25, 0.3) is 22.2 Å². The first-order chi connectivity index (χ1) is 11.0. The van der Waals surface area contributed by atoms with E-state index in [2.05, 4.69) is 4.98 Å². The number of carbonyl (C=O) groups is 1. The van der Waals surface area contributed by atoms with Gasteiger partial charge in [-0.05, 0) is 42.5 Å². The number of methoxy groups -OCH3 is 1. The van der Waals surface area contributed by atoms with Crippen LogP contribution in [0.5, 0.6) is 5.75 Å². The number of benzene rings is 2. The zero-order chi connectivity index (χ0) is 16.6. The van der Waals surface area contributed by atoms with Crippen molar-refractivity contribution in [2.75, 3.05) is 7.11 Å². The summed E-state index contributed by atoms with van der Waals surface area (Å²) in [4.78, 5) is 16.1. The van der Waals surface area contributed by atoms with Gasteiger partial charge in [-0.15, -0.1) is 0 Å². The zero-order valence-corrected chi connectivity index (χ0v) is 13.5. The normalized spacial score (nSPS) is 10.7. The lowest BCUT2D eigenvalue weighted by Crippen LogP contribution is -2.01. The first-order valence-corrected chi connectivity index (χ1v) is 7.42. The second kappa shape index (κ2) is 6.07. The van der Waals surface area contributed by atoms with Gasteiger partial charge in [-0.25, -0.2) is 9.78 Å². The van der Waals surface area contributed by atoms with Crippen molar-refractivity contribution in [3.05, 3.63) is 58.1 Å². The molecule has 0 bridgehead atoms. The predicted octanol–water partition coefficient (Wildman–Crippen LogP) is 4.92. The molecule has 0 radical (unpaired) electrons. The van der Waals surface area contributed by atoms with Crippen LogP contribution in [-0.4, -0.2) is 23.2 Å². The maximum atomic E-state index is 11.6. The average Bonchev–Trinajstić information content (AvgIpc) is 2.53. The Morgan fingerprint density at radius 1 is 1.13 bits per heavy atom. The van der Waals surface area contributed by atoms with Crippen molar-refractivity contribution in [3.8, 4) is 17.0 Å². The van der Waals surface area contributed by atoms with Crippen LogP contribution in [0, 0.1) is 0 Å². The number of pyridine rings is 1. The molecule has 0 aliphatic rings. The maximum Gasteiger partial charge on any atom is 0.336 e. The number of ether oxygens (including phenoxy) is 1. The van der Waals surface area contributed by atoms with Gasteiger partial charge in [-0.3, -0.25) is 0 Å². The lowest BCUT2D eigenvalue weighted by Gasteiger charge is -2.10. The van der Waals surface area contributed by atoms with Crippen molar-refractivity contribution in [2.45, 2.75) is 0 Å². The Balaban J connectivity index is 2.29. The quantitative estimate of drug-likeness (QED) is 0.730. The summed E-state index contributed by atoms with van der Waals surface area (Å²) in [5.74, 6) is -0.476. The minimum Gasteiger partial charge on any atom is -0.497 e. The van der Waals surface area contributed by atoms with Gasteiger partial charge < -0.3 is 9.84 Å². The molecule has 0 aliphatic carbocycles. The molecule has 1 aromatic heterocycles. The van der Waals surface area contributed by atoms with Crippen LogP contribution in [0.1, 0.15) is 10.4 Å². The van der Waals surface area contributed by atoms with E-state index in [4.69, 9.17) is 27.9 Å². The second-order valence-corrected chi connectivity index (χ2v) is 5.71. The molecule has 0 unspecified atom stereocenters. The number of carboxylic acid groups (broad SMARTS) is 1. The van der Waals surface area contributed by atoms with Crippen molar-refractivity contribution in [2.24, 2.45) is 0 Å². The summed E-state index contributed by atoms with van der Waals surface area (Å²) >= 11 is 12.1. The summed E-state index contributed by atoms with van der Waals surface area (Å²) in [6.45, 7) is 0. The van der Waals surface area contributed by atoms with Crippen molar-refractivity contribution in [3.63, 3.8) is 0 Å². The molecule has 0 saturated heterocycles. The molecule has 3 rings (SSSR count). The predicted molar refractivity (Wildman–Crippen MR) is 90.7 cm³/mol. The van der Waals surface area contributed by atoms with Gasteiger partial charge in [0, 0.05) is 16.0 Å². The Labute approximate surface area is 142 Å². The zero-order valence-electron chi connectivity index (χ0n) is 12.0. The van der Waals surface area contributed by atoms with Gasteiger partial charge in [0.15, 0.2) is 0 Å². The number of carboxylic acids is 1. The first kappa shape index (κ1) is 15.6. The van der Waals surface area contributed by atoms with E-state index in [1.54, 1.807) is 36.4 Å². The standard InChI is InChI=1S/C17H11Cl2NO3/c1-23-10-3-5-15-12(7-10)13(17(21)22)8-16(20-15)11-4-2-9(18)6-14(11)19/h2-8H,1H3,(H,21,22). The molecule has 23 heavy (non-hydrogen) atoms. The Hall–Kier alpha value is -2.30. The number of rotatable bonds is 3. The molecule has 0 atom stereocenters. The van der Waals surface area contributed by atoms with Crippen LogP contribution >= 0.6 is 23.2 Å². The smallest absolute Gasteiger partial charge is 0.336 e. The Bertz CT molecular complexity index is 925. The van der Waals surface area contributed by atoms with Gasteiger partial charge in [-0.2, -0.15) is 0 Å². The maximum absolute atomic E-state index is 11.6. The molecule has 0 amide bonds. The largest absolute Gasteiger partial charge is 0.497 e. The van der Waals surface area contributed by atoms with Gasteiger partial charge in [0.05, 0.1) is 28.9 Å². The molecule has 0 fully saturated rings. The van der Waals surface area contributed by atoms with Crippen LogP contribution in [0.3, 0.4) is 0 Å². The van der Waals surface area contributed by atoms with Crippen LogP contribution in [0.2, 0.25) is 10.0 Å². The summed E-state index contributed by atoms with van der Waals surface area (Å²) in [6, 6.07) is 11.6. The van der Waals surface area contributed by atoms with Crippen molar-refractivity contribution < 1.29 is 14.6 Å². The van der Waals surface area contributed by atoms with E-state index in [9.17, 15) is 9.90 Å². The third kappa shape index (κ3) is 2.96. The fraction of sp³-hybridized carbons (Fsp3) is 0.0588. The Morgan fingerprint density at radius 2 is 1.91 bits per heavy atom. The minimum atomic E-state index is -1.04. The number of halogens is 2.